The van der Waals surface area contributed by atoms with Crippen molar-refractivity contribution in [3.05, 3.63) is 93.7 Å². The maximum Gasteiger partial charge on any atom is 0.265 e. The molecule has 4 rings (SSSR count). The molecule has 4 aromatic rings. The standard InChI is InChI=1S/C26H28N6O3/c1-4-31-13-11-22(30-31)18(3)29-23(33)16-32-24-20(6-5-12-27-24)14-21(26(32)35)25(34)28-15-19-9-7-17(2)8-10-19/h5-14,18H,4,15-16H2,1-3H3,(H,28,34)(H,29,33). The van der Waals surface area contributed by atoms with Gasteiger partial charge in [0, 0.05) is 30.9 Å². The molecule has 1 atom stereocenters. The molecule has 0 spiro atoms. The van der Waals surface area contributed by atoms with Gasteiger partial charge in [-0.1, -0.05) is 29.8 Å². The molecule has 9 heteroatoms. The zero-order valence-electron chi connectivity index (χ0n) is 20.0. The number of benzene rings is 1. The molecule has 3 heterocycles. The lowest BCUT2D eigenvalue weighted by Gasteiger charge is -2.15. The van der Waals surface area contributed by atoms with Gasteiger partial charge in [0.1, 0.15) is 17.8 Å². The van der Waals surface area contributed by atoms with Gasteiger partial charge >= 0.3 is 0 Å². The average molecular weight is 473 g/mol. The minimum absolute atomic E-state index is 0.0415. The topological polar surface area (TPSA) is 111 Å². The number of amides is 2. The van der Waals surface area contributed by atoms with E-state index < -0.39 is 11.5 Å². The number of pyridine rings is 2. The summed E-state index contributed by atoms with van der Waals surface area (Å²) in [5, 5.41) is 10.7. The van der Waals surface area contributed by atoms with Gasteiger partial charge < -0.3 is 10.6 Å². The maximum absolute atomic E-state index is 13.3. The van der Waals surface area contributed by atoms with Crippen molar-refractivity contribution >= 4 is 22.8 Å². The molecule has 0 bridgehead atoms. The van der Waals surface area contributed by atoms with Crippen molar-refractivity contribution in [3.63, 3.8) is 0 Å². The number of nitrogens with one attached hydrogen (secondary N) is 2. The summed E-state index contributed by atoms with van der Waals surface area (Å²) < 4.78 is 3.02. The largest absolute Gasteiger partial charge is 0.348 e. The van der Waals surface area contributed by atoms with E-state index in [2.05, 4.69) is 20.7 Å². The first kappa shape index (κ1) is 23.9. The highest BCUT2D eigenvalue weighted by Crippen LogP contribution is 2.13. The lowest BCUT2D eigenvalue weighted by Crippen LogP contribution is -2.37. The summed E-state index contributed by atoms with van der Waals surface area (Å²) >= 11 is 0. The number of aromatic nitrogens is 4. The van der Waals surface area contributed by atoms with Crippen LogP contribution in [-0.2, 0) is 24.4 Å². The molecule has 0 fully saturated rings. The fraction of sp³-hybridized carbons (Fsp3) is 0.269. The summed E-state index contributed by atoms with van der Waals surface area (Å²) in [4.78, 5) is 43.3. The average Bonchev–Trinajstić information content (AvgIpc) is 3.35. The molecule has 2 amide bonds. The van der Waals surface area contributed by atoms with Crippen LogP contribution in [-0.4, -0.2) is 31.1 Å². The van der Waals surface area contributed by atoms with Gasteiger partial charge in [0.15, 0.2) is 0 Å². The third kappa shape index (κ3) is 5.46. The second-order valence-electron chi connectivity index (χ2n) is 8.42. The molecule has 1 aromatic carbocycles. The zero-order chi connectivity index (χ0) is 24.9. The summed E-state index contributed by atoms with van der Waals surface area (Å²) in [6, 6.07) is 14.3. The molecule has 9 nitrogen and oxygen atoms in total. The number of nitrogens with zero attached hydrogens (tertiary/aromatic N) is 4. The Balaban J connectivity index is 1.56. The molecule has 2 N–H and O–H groups in total. The molecule has 1 unspecified atom stereocenters. The molecule has 35 heavy (non-hydrogen) atoms. The third-order valence-electron chi connectivity index (χ3n) is 5.77. The third-order valence-corrected chi connectivity index (χ3v) is 5.77. The monoisotopic (exact) mass is 472 g/mol. The van der Waals surface area contributed by atoms with E-state index in [1.165, 1.54) is 10.6 Å². The molecule has 0 aliphatic carbocycles. The first-order valence-corrected chi connectivity index (χ1v) is 11.5. The highest BCUT2D eigenvalue weighted by Gasteiger charge is 2.19. The van der Waals surface area contributed by atoms with Gasteiger partial charge in [-0.25, -0.2) is 4.98 Å². The smallest absolute Gasteiger partial charge is 0.265 e. The van der Waals surface area contributed by atoms with Crippen LogP contribution in [0, 0.1) is 6.92 Å². The fourth-order valence-electron chi connectivity index (χ4n) is 3.79. The summed E-state index contributed by atoms with van der Waals surface area (Å²) in [7, 11) is 0. The van der Waals surface area contributed by atoms with Crippen LogP contribution in [0.5, 0.6) is 0 Å². The minimum Gasteiger partial charge on any atom is -0.348 e. The summed E-state index contributed by atoms with van der Waals surface area (Å²) in [5.41, 5.74) is 2.49. The van der Waals surface area contributed by atoms with Crippen molar-refractivity contribution in [2.45, 2.75) is 46.4 Å². The van der Waals surface area contributed by atoms with Gasteiger partial charge in [-0.15, -0.1) is 0 Å². The first-order valence-electron chi connectivity index (χ1n) is 11.5. The van der Waals surface area contributed by atoms with Crippen molar-refractivity contribution in [1.29, 1.82) is 0 Å². The Hall–Kier alpha value is -4.27. The highest BCUT2D eigenvalue weighted by atomic mass is 16.2. The number of carbonyl (C=O) groups excluding carboxylic acids is 2. The Kier molecular flexibility index (Phi) is 7.05. The normalized spacial score (nSPS) is 11.9. The van der Waals surface area contributed by atoms with E-state index in [0.29, 0.717) is 11.0 Å². The second-order valence-corrected chi connectivity index (χ2v) is 8.42. The Labute approximate surface area is 202 Å². The summed E-state index contributed by atoms with van der Waals surface area (Å²) in [6.07, 6.45) is 3.39. The van der Waals surface area contributed by atoms with Gasteiger partial charge in [0.2, 0.25) is 5.91 Å². The van der Waals surface area contributed by atoms with Crippen LogP contribution in [0.25, 0.3) is 11.0 Å². The number of hydrogen-bond donors (Lipinski definition) is 2. The van der Waals surface area contributed by atoms with Crippen molar-refractivity contribution in [2.75, 3.05) is 0 Å². The molecule has 0 aliphatic heterocycles. The van der Waals surface area contributed by atoms with Crippen molar-refractivity contribution < 1.29 is 9.59 Å². The van der Waals surface area contributed by atoms with Gasteiger partial charge in [-0.2, -0.15) is 5.10 Å². The minimum atomic E-state index is -0.573. The molecular weight excluding hydrogens is 444 g/mol. The maximum atomic E-state index is 13.3. The molecule has 180 valence electrons. The van der Waals surface area contributed by atoms with Gasteiger partial charge in [-0.05, 0) is 50.6 Å². The molecule has 0 aliphatic rings. The molecule has 0 radical (unpaired) electrons. The van der Waals surface area contributed by atoms with E-state index in [-0.39, 0.29) is 30.6 Å². The molecule has 3 aromatic heterocycles. The number of aryl methyl sites for hydroxylation is 2. The van der Waals surface area contributed by atoms with Gasteiger partial charge in [0.05, 0.1) is 11.7 Å². The Morgan fingerprint density at radius 3 is 2.60 bits per heavy atom. The van der Waals surface area contributed by atoms with E-state index in [1.54, 1.807) is 23.0 Å². The SMILES string of the molecule is CCn1ccc(C(C)NC(=O)Cn2c(=O)c(C(=O)NCc3ccc(C)cc3)cc3cccnc32)n1. The molecular formula is C26H28N6O3. The number of rotatable bonds is 8. The number of carbonyl (C=O) groups is 2. The Bertz CT molecular complexity index is 1420. The van der Waals surface area contributed by atoms with Crippen molar-refractivity contribution in [2.24, 2.45) is 0 Å². The van der Waals surface area contributed by atoms with Crippen molar-refractivity contribution in [1.82, 2.24) is 30.0 Å². The zero-order valence-corrected chi connectivity index (χ0v) is 20.0. The number of fused-ring (bicyclic) bond motifs is 1. The van der Waals surface area contributed by atoms with E-state index in [4.69, 9.17) is 0 Å². The van der Waals surface area contributed by atoms with Crippen LogP contribution in [0.3, 0.4) is 0 Å². The predicted molar refractivity (Wildman–Crippen MR) is 133 cm³/mol. The lowest BCUT2D eigenvalue weighted by atomic mass is 10.1. The van der Waals surface area contributed by atoms with Gasteiger partial charge in [-0.3, -0.25) is 23.6 Å². The molecule has 0 saturated heterocycles. The lowest BCUT2D eigenvalue weighted by molar-refractivity contribution is -0.122. The molecule has 0 saturated carbocycles. The van der Waals surface area contributed by atoms with Crippen molar-refractivity contribution in [3.8, 4) is 0 Å². The van der Waals surface area contributed by atoms with E-state index >= 15 is 0 Å². The van der Waals surface area contributed by atoms with Crippen LogP contribution >= 0.6 is 0 Å². The first-order chi connectivity index (χ1) is 16.9. The van der Waals surface area contributed by atoms with Crippen LogP contribution in [0.2, 0.25) is 0 Å². The summed E-state index contributed by atoms with van der Waals surface area (Å²) in [5.74, 6) is -0.885. The van der Waals surface area contributed by atoms with Crippen LogP contribution in [0.15, 0.2) is 65.7 Å². The van der Waals surface area contributed by atoms with Crippen LogP contribution in [0.4, 0.5) is 0 Å². The Morgan fingerprint density at radius 1 is 1.11 bits per heavy atom. The Morgan fingerprint density at radius 2 is 1.89 bits per heavy atom. The van der Waals surface area contributed by atoms with E-state index in [0.717, 1.165) is 23.4 Å². The number of hydrogen-bond acceptors (Lipinski definition) is 5. The van der Waals surface area contributed by atoms with Crippen LogP contribution < -0.4 is 16.2 Å². The second kappa shape index (κ2) is 10.3. The van der Waals surface area contributed by atoms with E-state index in [9.17, 15) is 14.4 Å². The van der Waals surface area contributed by atoms with Crippen LogP contribution in [0.1, 0.15) is 47.1 Å². The predicted octanol–water partition coefficient (Wildman–Crippen LogP) is 2.73. The van der Waals surface area contributed by atoms with Gasteiger partial charge in [0.25, 0.3) is 11.5 Å². The van der Waals surface area contributed by atoms with E-state index in [1.807, 2.05) is 57.3 Å². The highest BCUT2D eigenvalue weighted by molar-refractivity contribution is 5.97. The quantitative estimate of drug-likeness (QED) is 0.410. The fourth-order valence-corrected chi connectivity index (χ4v) is 3.79. The summed E-state index contributed by atoms with van der Waals surface area (Å²) in [6.45, 7) is 6.54.